The van der Waals surface area contributed by atoms with E-state index in [1.807, 2.05) is 30.5 Å². The first-order chi connectivity index (χ1) is 7.66. The van der Waals surface area contributed by atoms with Crippen molar-refractivity contribution in [3.63, 3.8) is 0 Å². The lowest BCUT2D eigenvalue weighted by Crippen LogP contribution is -2.10. The molecule has 3 N–H and O–H groups in total. The van der Waals surface area contributed by atoms with Crippen molar-refractivity contribution in [2.24, 2.45) is 0 Å². The molecule has 0 aliphatic heterocycles. The highest BCUT2D eigenvalue weighted by molar-refractivity contribution is 7.12. The van der Waals surface area contributed by atoms with Crippen LogP contribution in [0.15, 0.2) is 35.7 Å². The van der Waals surface area contributed by atoms with E-state index in [1.54, 1.807) is 12.1 Å². The van der Waals surface area contributed by atoms with Crippen molar-refractivity contribution < 1.29 is 4.79 Å². The Hall–Kier alpha value is -1.81. The van der Waals surface area contributed by atoms with E-state index in [4.69, 9.17) is 5.73 Å². The molecule has 0 bridgehead atoms. The molecule has 82 valence electrons. The van der Waals surface area contributed by atoms with Crippen LogP contribution in [0.4, 0.5) is 11.4 Å². The number of nitrogen functional groups attached to an aromatic ring is 1. The minimum Gasteiger partial charge on any atom is -0.398 e. The van der Waals surface area contributed by atoms with Crippen LogP contribution in [-0.2, 0) is 0 Å². The van der Waals surface area contributed by atoms with Gasteiger partial charge in [-0.2, -0.15) is 0 Å². The van der Waals surface area contributed by atoms with Gasteiger partial charge >= 0.3 is 0 Å². The number of nitrogens with one attached hydrogen (secondary N) is 1. The molecule has 0 aliphatic rings. The zero-order valence-electron chi connectivity index (χ0n) is 8.86. The smallest absolute Gasteiger partial charge is 0.265 e. The third-order valence-corrected chi connectivity index (χ3v) is 3.15. The molecule has 1 aromatic heterocycles. The van der Waals surface area contributed by atoms with E-state index in [0.717, 1.165) is 11.3 Å². The normalized spacial score (nSPS) is 10.1. The molecule has 0 unspecified atom stereocenters. The van der Waals surface area contributed by atoms with E-state index in [0.29, 0.717) is 10.6 Å². The maximum atomic E-state index is 11.7. The summed E-state index contributed by atoms with van der Waals surface area (Å²) in [5.41, 5.74) is 8.18. The summed E-state index contributed by atoms with van der Waals surface area (Å²) < 4.78 is 0. The number of carbonyl (C=O) groups is 1. The summed E-state index contributed by atoms with van der Waals surface area (Å²) in [4.78, 5) is 12.4. The molecule has 2 aromatic rings. The molecule has 0 saturated heterocycles. The first-order valence-corrected chi connectivity index (χ1v) is 5.76. The van der Waals surface area contributed by atoms with Crippen LogP contribution in [0.5, 0.6) is 0 Å². The number of aryl methyl sites for hydroxylation is 1. The predicted octanol–water partition coefficient (Wildman–Crippen LogP) is 2.89. The highest BCUT2D eigenvalue weighted by atomic mass is 32.1. The minimum atomic E-state index is -0.0988. The van der Waals surface area contributed by atoms with Crippen molar-refractivity contribution in [1.82, 2.24) is 0 Å². The Bertz CT molecular complexity index is 506. The minimum absolute atomic E-state index is 0.0988. The molecule has 0 spiro atoms. The third kappa shape index (κ3) is 2.23. The number of carbonyl (C=O) groups excluding carboxylic acids is 1. The quantitative estimate of drug-likeness (QED) is 0.782. The molecule has 0 radical (unpaired) electrons. The zero-order chi connectivity index (χ0) is 11.5. The number of amides is 1. The average Bonchev–Trinajstić information content (AvgIpc) is 2.77. The van der Waals surface area contributed by atoms with Gasteiger partial charge in [0.1, 0.15) is 0 Å². The SMILES string of the molecule is Cc1ccc(NC(=O)c2cccs2)cc1N. The van der Waals surface area contributed by atoms with Crippen LogP contribution >= 0.6 is 11.3 Å². The molecular formula is C12H12N2OS. The van der Waals surface area contributed by atoms with Crippen LogP contribution < -0.4 is 11.1 Å². The number of hydrogen-bond donors (Lipinski definition) is 2. The van der Waals surface area contributed by atoms with Crippen molar-refractivity contribution in [3.8, 4) is 0 Å². The van der Waals surface area contributed by atoms with E-state index >= 15 is 0 Å². The molecule has 0 aliphatic carbocycles. The molecule has 4 heteroatoms. The molecule has 16 heavy (non-hydrogen) atoms. The Morgan fingerprint density at radius 3 is 2.81 bits per heavy atom. The summed E-state index contributed by atoms with van der Waals surface area (Å²) in [6.45, 7) is 1.93. The van der Waals surface area contributed by atoms with Gasteiger partial charge in [-0.3, -0.25) is 4.79 Å². The summed E-state index contributed by atoms with van der Waals surface area (Å²) in [6, 6.07) is 9.14. The Balaban J connectivity index is 2.15. The molecule has 3 nitrogen and oxygen atoms in total. The van der Waals surface area contributed by atoms with Crippen LogP contribution in [0.3, 0.4) is 0 Å². The van der Waals surface area contributed by atoms with Gasteiger partial charge in [-0.25, -0.2) is 0 Å². The number of hydrogen-bond acceptors (Lipinski definition) is 3. The Labute approximate surface area is 97.9 Å². The fraction of sp³-hybridized carbons (Fsp3) is 0.0833. The van der Waals surface area contributed by atoms with Gasteiger partial charge in [0.25, 0.3) is 5.91 Å². The Morgan fingerprint density at radius 1 is 1.38 bits per heavy atom. The van der Waals surface area contributed by atoms with E-state index in [-0.39, 0.29) is 5.91 Å². The molecule has 1 amide bonds. The van der Waals surface area contributed by atoms with Crippen molar-refractivity contribution >= 4 is 28.6 Å². The molecule has 2 rings (SSSR count). The van der Waals surface area contributed by atoms with Gasteiger partial charge in [0.15, 0.2) is 0 Å². The molecule has 1 aromatic carbocycles. The van der Waals surface area contributed by atoms with Crippen LogP contribution in [0.1, 0.15) is 15.2 Å². The summed E-state index contributed by atoms with van der Waals surface area (Å²) in [5.74, 6) is -0.0988. The zero-order valence-corrected chi connectivity index (χ0v) is 9.67. The number of anilines is 2. The first-order valence-electron chi connectivity index (χ1n) is 4.88. The van der Waals surface area contributed by atoms with E-state index in [1.165, 1.54) is 11.3 Å². The van der Waals surface area contributed by atoms with E-state index < -0.39 is 0 Å². The molecular weight excluding hydrogens is 220 g/mol. The van der Waals surface area contributed by atoms with Gasteiger partial charge in [-0.1, -0.05) is 12.1 Å². The van der Waals surface area contributed by atoms with E-state index in [9.17, 15) is 4.79 Å². The lowest BCUT2D eigenvalue weighted by molar-refractivity contribution is 0.103. The number of nitrogens with two attached hydrogens (primary N) is 1. The maximum Gasteiger partial charge on any atom is 0.265 e. The Kier molecular flexibility index (Phi) is 2.92. The maximum absolute atomic E-state index is 11.7. The second-order valence-corrected chi connectivity index (χ2v) is 4.45. The summed E-state index contributed by atoms with van der Waals surface area (Å²) >= 11 is 1.41. The van der Waals surface area contributed by atoms with Gasteiger partial charge in [-0.05, 0) is 36.1 Å². The van der Waals surface area contributed by atoms with Crippen molar-refractivity contribution in [1.29, 1.82) is 0 Å². The van der Waals surface area contributed by atoms with Gasteiger partial charge < -0.3 is 11.1 Å². The largest absolute Gasteiger partial charge is 0.398 e. The first kappa shape index (κ1) is 10.7. The van der Waals surface area contributed by atoms with Crippen molar-refractivity contribution in [2.75, 3.05) is 11.1 Å². The van der Waals surface area contributed by atoms with Gasteiger partial charge in [0.2, 0.25) is 0 Å². The number of rotatable bonds is 2. The second kappa shape index (κ2) is 4.37. The highest BCUT2D eigenvalue weighted by Crippen LogP contribution is 2.18. The van der Waals surface area contributed by atoms with Crippen LogP contribution in [-0.4, -0.2) is 5.91 Å². The summed E-state index contributed by atoms with van der Waals surface area (Å²) in [7, 11) is 0. The van der Waals surface area contributed by atoms with Crippen molar-refractivity contribution in [3.05, 3.63) is 46.2 Å². The van der Waals surface area contributed by atoms with Gasteiger partial charge in [-0.15, -0.1) is 11.3 Å². The van der Waals surface area contributed by atoms with Crippen molar-refractivity contribution in [2.45, 2.75) is 6.92 Å². The molecule has 0 fully saturated rings. The molecule has 1 heterocycles. The fourth-order valence-corrected chi connectivity index (χ4v) is 1.94. The van der Waals surface area contributed by atoms with Gasteiger partial charge in [0.05, 0.1) is 4.88 Å². The summed E-state index contributed by atoms with van der Waals surface area (Å²) in [5, 5.41) is 4.68. The predicted molar refractivity (Wildman–Crippen MR) is 67.9 cm³/mol. The lowest BCUT2D eigenvalue weighted by atomic mass is 10.2. The van der Waals surface area contributed by atoms with E-state index in [2.05, 4.69) is 5.32 Å². The topological polar surface area (TPSA) is 55.1 Å². The van der Waals surface area contributed by atoms with Crippen LogP contribution in [0.2, 0.25) is 0 Å². The number of thiophene rings is 1. The lowest BCUT2D eigenvalue weighted by Gasteiger charge is -2.06. The highest BCUT2D eigenvalue weighted by Gasteiger charge is 2.06. The second-order valence-electron chi connectivity index (χ2n) is 3.50. The number of benzene rings is 1. The molecule has 0 saturated carbocycles. The van der Waals surface area contributed by atoms with Crippen LogP contribution in [0, 0.1) is 6.92 Å². The fourth-order valence-electron chi connectivity index (χ4n) is 1.32. The monoisotopic (exact) mass is 232 g/mol. The third-order valence-electron chi connectivity index (χ3n) is 2.28. The summed E-state index contributed by atoms with van der Waals surface area (Å²) in [6.07, 6.45) is 0. The van der Waals surface area contributed by atoms with Crippen LogP contribution in [0.25, 0.3) is 0 Å². The average molecular weight is 232 g/mol. The standard InChI is InChI=1S/C12H12N2OS/c1-8-4-5-9(7-10(8)13)14-12(15)11-3-2-6-16-11/h2-7H,13H2,1H3,(H,14,15). The van der Waals surface area contributed by atoms with Gasteiger partial charge in [0, 0.05) is 11.4 Å². The Morgan fingerprint density at radius 2 is 2.19 bits per heavy atom. The molecule has 0 atom stereocenters.